The Hall–Kier alpha value is -1.83. The predicted molar refractivity (Wildman–Crippen MR) is 67.0 cm³/mol. The van der Waals surface area contributed by atoms with Crippen LogP contribution < -0.4 is 10.1 Å². The number of aromatic nitrogens is 1. The highest BCUT2D eigenvalue weighted by Crippen LogP contribution is 2.17. The molecule has 1 amide bonds. The summed E-state index contributed by atoms with van der Waals surface area (Å²) in [6.07, 6.45) is -2.32. The maximum Gasteiger partial charge on any atom is 0.422 e. The van der Waals surface area contributed by atoms with Crippen LogP contribution in [0.5, 0.6) is 5.88 Å². The molecule has 0 unspecified atom stereocenters. The average molecular weight is 304 g/mol. The monoisotopic (exact) mass is 304 g/mol. The number of halogens is 3. The van der Waals surface area contributed by atoms with Gasteiger partial charge in [0.1, 0.15) is 0 Å². The number of carbonyl (C=O) groups is 1. The lowest BCUT2D eigenvalue weighted by Crippen LogP contribution is -2.29. The number of nitrogens with one attached hydrogen (secondary N) is 1. The average Bonchev–Trinajstić information content (AvgIpc) is 2.95. The second kappa shape index (κ2) is 6.75. The topological polar surface area (TPSA) is 60.5 Å². The van der Waals surface area contributed by atoms with Gasteiger partial charge in [-0.2, -0.15) is 13.2 Å². The van der Waals surface area contributed by atoms with E-state index in [-0.39, 0.29) is 17.4 Å². The Morgan fingerprint density at radius 2 is 2.29 bits per heavy atom. The molecule has 1 N–H and O–H groups in total. The lowest BCUT2D eigenvalue weighted by Gasteiger charge is -2.10. The van der Waals surface area contributed by atoms with Gasteiger partial charge in [-0.15, -0.1) is 0 Å². The molecule has 0 saturated carbocycles. The Kier molecular flexibility index (Phi) is 5.00. The van der Waals surface area contributed by atoms with Gasteiger partial charge in [-0.3, -0.25) is 4.79 Å². The van der Waals surface area contributed by atoms with E-state index in [1.54, 1.807) is 0 Å². The molecule has 116 valence electrons. The molecular formula is C13H15F3N2O3. The molecule has 1 aliphatic rings. The van der Waals surface area contributed by atoms with E-state index in [1.807, 2.05) is 0 Å². The summed E-state index contributed by atoms with van der Waals surface area (Å²) < 4.78 is 45.6. The van der Waals surface area contributed by atoms with E-state index >= 15 is 0 Å². The van der Waals surface area contributed by atoms with Crippen molar-refractivity contribution in [3.05, 3.63) is 23.9 Å². The quantitative estimate of drug-likeness (QED) is 0.901. The number of alkyl halides is 3. The fraction of sp³-hybridized carbons (Fsp3) is 0.538. The smallest absolute Gasteiger partial charge is 0.422 e. The molecule has 1 saturated heterocycles. The predicted octanol–water partition coefficient (Wildman–Crippen LogP) is 1.79. The summed E-state index contributed by atoms with van der Waals surface area (Å²) in [6.45, 7) is 0.425. The second-order valence-electron chi connectivity index (χ2n) is 4.73. The number of amides is 1. The number of rotatable bonds is 5. The van der Waals surface area contributed by atoms with E-state index in [2.05, 4.69) is 15.0 Å². The van der Waals surface area contributed by atoms with Gasteiger partial charge in [0.05, 0.1) is 12.2 Å². The van der Waals surface area contributed by atoms with Crippen molar-refractivity contribution in [3.63, 3.8) is 0 Å². The fourth-order valence-electron chi connectivity index (χ4n) is 1.84. The van der Waals surface area contributed by atoms with E-state index in [0.717, 1.165) is 6.42 Å². The highest BCUT2D eigenvalue weighted by molar-refractivity contribution is 5.93. The maximum atomic E-state index is 12.0. The molecule has 1 fully saturated rings. The van der Waals surface area contributed by atoms with Gasteiger partial charge >= 0.3 is 6.18 Å². The number of carbonyl (C=O) groups excluding carboxylic acids is 1. The van der Waals surface area contributed by atoms with Gasteiger partial charge in [-0.05, 0) is 12.5 Å². The first-order chi connectivity index (χ1) is 9.94. The molecule has 0 aromatic carbocycles. The summed E-state index contributed by atoms with van der Waals surface area (Å²) >= 11 is 0. The first-order valence-corrected chi connectivity index (χ1v) is 6.45. The van der Waals surface area contributed by atoms with Gasteiger partial charge in [0.15, 0.2) is 6.61 Å². The van der Waals surface area contributed by atoms with E-state index < -0.39 is 12.8 Å². The maximum absolute atomic E-state index is 12.0. The first kappa shape index (κ1) is 15.6. The van der Waals surface area contributed by atoms with Crippen LogP contribution in [-0.4, -0.2) is 43.4 Å². The molecule has 1 aliphatic heterocycles. The Balaban J connectivity index is 1.81. The second-order valence-corrected chi connectivity index (χ2v) is 4.73. The summed E-state index contributed by atoms with van der Waals surface area (Å²) in [5.74, 6) is -0.193. The minimum absolute atomic E-state index is 0.173. The van der Waals surface area contributed by atoms with Gasteiger partial charge in [-0.1, -0.05) is 0 Å². The molecule has 8 heteroatoms. The minimum atomic E-state index is -4.42. The van der Waals surface area contributed by atoms with Crippen molar-refractivity contribution >= 4 is 5.91 Å². The van der Waals surface area contributed by atoms with Gasteiger partial charge < -0.3 is 14.8 Å². The van der Waals surface area contributed by atoms with E-state index in [0.29, 0.717) is 25.7 Å². The van der Waals surface area contributed by atoms with Crippen LogP contribution in [0.15, 0.2) is 18.3 Å². The summed E-state index contributed by atoms with van der Waals surface area (Å²) in [6, 6.07) is 2.61. The molecule has 2 rings (SSSR count). The standard InChI is InChI=1S/C13H15F3N2O3/c14-13(15,16)8-21-11-2-1-10(6-17-11)12(19)18-5-9-3-4-20-7-9/h1-2,6,9H,3-5,7-8H2,(H,18,19)/t9-/m1/s1. The van der Waals surface area contributed by atoms with Crippen molar-refractivity contribution in [3.8, 4) is 5.88 Å². The van der Waals surface area contributed by atoms with Crippen LogP contribution in [0.25, 0.3) is 0 Å². The molecule has 0 radical (unpaired) electrons. The Morgan fingerprint density at radius 1 is 1.48 bits per heavy atom. The van der Waals surface area contributed by atoms with Gasteiger partial charge in [0.2, 0.25) is 5.88 Å². The van der Waals surface area contributed by atoms with Gasteiger partial charge in [0, 0.05) is 31.3 Å². The third-order valence-electron chi connectivity index (χ3n) is 2.96. The normalized spacial score (nSPS) is 18.5. The van der Waals surface area contributed by atoms with E-state index in [4.69, 9.17) is 4.74 Å². The van der Waals surface area contributed by atoms with Crippen LogP contribution in [0, 0.1) is 5.92 Å². The summed E-state index contributed by atoms with van der Waals surface area (Å²) in [7, 11) is 0. The van der Waals surface area contributed by atoms with Crippen LogP contribution >= 0.6 is 0 Å². The SMILES string of the molecule is O=C(NC[C@H]1CCOC1)c1ccc(OCC(F)(F)F)nc1. The molecule has 0 spiro atoms. The van der Waals surface area contributed by atoms with E-state index in [1.165, 1.54) is 18.3 Å². The number of nitrogens with zero attached hydrogens (tertiary/aromatic N) is 1. The van der Waals surface area contributed by atoms with Crippen molar-refractivity contribution in [2.24, 2.45) is 5.92 Å². The van der Waals surface area contributed by atoms with E-state index in [9.17, 15) is 18.0 Å². The van der Waals surface area contributed by atoms with Gasteiger partial charge in [0.25, 0.3) is 5.91 Å². The Labute approximate surface area is 119 Å². The Morgan fingerprint density at radius 3 is 2.86 bits per heavy atom. The zero-order valence-corrected chi connectivity index (χ0v) is 11.2. The number of hydrogen-bond acceptors (Lipinski definition) is 4. The number of ether oxygens (including phenoxy) is 2. The van der Waals surface area contributed by atoms with Crippen molar-refractivity contribution in [2.75, 3.05) is 26.4 Å². The molecule has 1 aromatic rings. The molecular weight excluding hydrogens is 289 g/mol. The lowest BCUT2D eigenvalue weighted by atomic mass is 10.1. The largest absolute Gasteiger partial charge is 0.468 e. The van der Waals surface area contributed by atoms with Crippen molar-refractivity contribution < 1.29 is 27.4 Å². The van der Waals surface area contributed by atoms with Crippen molar-refractivity contribution in [1.82, 2.24) is 10.3 Å². The summed E-state index contributed by atoms with van der Waals surface area (Å²) in [5.41, 5.74) is 0.272. The third kappa shape index (κ3) is 5.22. The van der Waals surface area contributed by atoms with Gasteiger partial charge in [-0.25, -0.2) is 4.98 Å². The molecule has 21 heavy (non-hydrogen) atoms. The zero-order valence-electron chi connectivity index (χ0n) is 11.2. The first-order valence-electron chi connectivity index (χ1n) is 6.45. The van der Waals surface area contributed by atoms with Crippen LogP contribution in [0.3, 0.4) is 0 Å². The lowest BCUT2D eigenvalue weighted by molar-refractivity contribution is -0.154. The van der Waals surface area contributed by atoms with Crippen molar-refractivity contribution in [2.45, 2.75) is 12.6 Å². The molecule has 5 nitrogen and oxygen atoms in total. The highest BCUT2D eigenvalue weighted by atomic mass is 19.4. The molecule has 0 bridgehead atoms. The van der Waals surface area contributed by atoms with Crippen LogP contribution in [0.1, 0.15) is 16.8 Å². The summed E-state index contributed by atoms with van der Waals surface area (Å²) in [4.78, 5) is 15.5. The number of hydrogen-bond donors (Lipinski definition) is 1. The number of pyridine rings is 1. The third-order valence-corrected chi connectivity index (χ3v) is 2.96. The van der Waals surface area contributed by atoms with Crippen LogP contribution in [0.2, 0.25) is 0 Å². The van der Waals surface area contributed by atoms with Crippen molar-refractivity contribution in [1.29, 1.82) is 0 Å². The Bertz CT molecular complexity index is 471. The molecule has 0 aliphatic carbocycles. The fourth-order valence-corrected chi connectivity index (χ4v) is 1.84. The zero-order chi connectivity index (χ0) is 15.3. The highest BCUT2D eigenvalue weighted by Gasteiger charge is 2.28. The minimum Gasteiger partial charge on any atom is -0.468 e. The molecule has 2 heterocycles. The summed E-state index contributed by atoms with van der Waals surface area (Å²) in [5, 5.41) is 2.74. The molecule has 1 aromatic heterocycles. The molecule has 1 atom stereocenters. The van der Waals surface area contributed by atoms with Crippen LogP contribution in [0.4, 0.5) is 13.2 Å². The van der Waals surface area contributed by atoms with Crippen LogP contribution in [-0.2, 0) is 4.74 Å².